The van der Waals surface area contributed by atoms with Crippen LogP contribution in [-0.2, 0) is 13.0 Å². The van der Waals surface area contributed by atoms with Crippen molar-refractivity contribution in [3.05, 3.63) is 42.1 Å². The summed E-state index contributed by atoms with van der Waals surface area (Å²) in [6.07, 6.45) is 1.71. The lowest BCUT2D eigenvalue weighted by Crippen LogP contribution is -2.13. The van der Waals surface area contributed by atoms with Crippen LogP contribution in [0.25, 0.3) is 0 Å². The molecule has 102 valence electrons. The van der Waals surface area contributed by atoms with Crippen LogP contribution in [0.2, 0.25) is 0 Å². The molecule has 0 spiro atoms. The summed E-state index contributed by atoms with van der Waals surface area (Å²) in [6.45, 7) is 4.23. The first kappa shape index (κ1) is 13.5. The summed E-state index contributed by atoms with van der Waals surface area (Å²) in [5, 5.41) is 11.2. The number of rotatable bonds is 8. The fourth-order valence-corrected chi connectivity index (χ4v) is 1.61. The smallest absolute Gasteiger partial charge is 0.230 e. The van der Waals surface area contributed by atoms with Gasteiger partial charge in [0.1, 0.15) is 5.75 Å². The number of benzene rings is 1. The minimum Gasteiger partial charge on any atom is -0.493 e. The van der Waals surface area contributed by atoms with E-state index >= 15 is 0 Å². The van der Waals surface area contributed by atoms with E-state index in [0.29, 0.717) is 31.4 Å². The van der Waals surface area contributed by atoms with Gasteiger partial charge in [0.05, 0.1) is 19.6 Å². The Labute approximate surface area is 113 Å². The highest BCUT2D eigenvalue weighted by atomic mass is 16.5. The predicted octanol–water partition coefficient (Wildman–Crippen LogP) is 2.19. The predicted molar refractivity (Wildman–Crippen MR) is 71.9 cm³/mol. The molecule has 19 heavy (non-hydrogen) atoms. The van der Waals surface area contributed by atoms with Crippen molar-refractivity contribution in [2.24, 2.45) is 0 Å². The number of para-hydroxylation sites is 1. The van der Waals surface area contributed by atoms with Crippen LogP contribution in [0.4, 0.5) is 0 Å². The molecule has 1 heterocycles. The van der Waals surface area contributed by atoms with Crippen molar-refractivity contribution < 1.29 is 9.15 Å². The second kappa shape index (κ2) is 7.53. The molecule has 1 N–H and O–H groups in total. The van der Waals surface area contributed by atoms with E-state index < -0.39 is 0 Å². The first-order valence-electron chi connectivity index (χ1n) is 6.58. The van der Waals surface area contributed by atoms with Crippen molar-refractivity contribution >= 4 is 0 Å². The first-order valence-corrected chi connectivity index (χ1v) is 6.58. The molecule has 0 atom stereocenters. The number of aromatic nitrogens is 2. The third-order valence-electron chi connectivity index (χ3n) is 2.54. The molecule has 0 saturated heterocycles. The van der Waals surface area contributed by atoms with Gasteiger partial charge in [-0.15, -0.1) is 10.2 Å². The SMILES string of the molecule is CCCNCc1nnc(CCOc2ccccc2)o1. The Hall–Kier alpha value is -1.88. The molecule has 0 bridgehead atoms. The first-order chi connectivity index (χ1) is 9.38. The quantitative estimate of drug-likeness (QED) is 0.738. The van der Waals surface area contributed by atoms with Crippen LogP contribution in [0.3, 0.4) is 0 Å². The fourth-order valence-electron chi connectivity index (χ4n) is 1.61. The molecule has 0 saturated carbocycles. The van der Waals surface area contributed by atoms with Crippen molar-refractivity contribution in [3.63, 3.8) is 0 Å². The summed E-state index contributed by atoms with van der Waals surface area (Å²) < 4.78 is 11.1. The Morgan fingerprint density at radius 3 is 2.74 bits per heavy atom. The lowest BCUT2D eigenvalue weighted by molar-refractivity contribution is 0.303. The minimum atomic E-state index is 0.536. The lowest BCUT2D eigenvalue weighted by Gasteiger charge is -2.03. The molecule has 1 aromatic carbocycles. The van der Waals surface area contributed by atoms with Gasteiger partial charge in [-0.05, 0) is 25.1 Å². The zero-order valence-electron chi connectivity index (χ0n) is 11.1. The molecule has 2 aromatic rings. The van der Waals surface area contributed by atoms with Gasteiger partial charge in [0.2, 0.25) is 11.8 Å². The highest BCUT2D eigenvalue weighted by molar-refractivity contribution is 5.20. The van der Waals surface area contributed by atoms with E-state index in [1.54, 1.807) is 0 Å². The maximum absolute atomic E-state index is 5.57. The number of hydrogen-bond donors (Lipinski definition) is 1. The molecular formula is C14H19N3O2. The molecule has 0 aliphatic heterocycles. The van der Waals surface area contributed by atoms with Gasteiger partial charge in [-0.25, -0.2) is 0 Å². The molecule has 0 radical (unpaired) electrons. The normalized spacial score (nSPS) is 10.6. The Morgan fingerprint density at radius 1 is 1.16 bits per heavy atom. The molecule has 0 amide bonds. The van der Waals surface area contributed by atoms with Crippen LogP contribution in [0.5, 0.6) is 5.75 Å². The van der Waals surface area contributed by atoms with Crippen LogP contribution in [0.1, 0.15) is 25.1 Å². The highest BCUT2D eigenvalue weighted by Crippen LogP contribution is 2.09. The van der Waals surface area contributed by atoms with Crippen LogP contribution in [0.15, 0.2) is 34.7 Å². The summed E-state index contributed by atoms with van der Waals surface area (Å²) in [5.74, 6) is 2.10. The second-order valence-electron chi connectivity index (χ2n) is 4.18. The van der Waals surface area contributed by atoms with E-state index in [-0.39, 0.29) is 0 Å². The van der Waals surface area contributed by atoms with Gasteiger partial charge in [-0.3, -0.25) is 0 Å². The molecular weight excluding hydrogens is 242 g/mol. The van der Waals surface area contributed by atoms with Crippen molar-refractivity contribution in [2.75, 3.05) is 13.2 Å². The van der Waals surface area contributed by atoms with E-state index in [1.165, 1.54) is 0 Å². The van der Waals surface area contributed by atoms with E-state index in [4.69, 9.17) is 9.15 Å². The summed E-state index contributed by atoms with van der Waals surface area (Å²) in [7, 11) is 0. The summed E-state index contributed by atoms with van der Waals surface area (Å²) in [4.78, 5) is 0. The van der Waals surface area contributed by atoms with Gasteiger partial charge in [0.15, 0.2) is 0 Å². The number of hydrogen-bond acceptors (Lipinski definition) is 5. The molecule has 1 aromatic heterocycles. The number of nitrogens with one attached hydrogen (secondary N) is 1. The van der Waals surface area contributed by atoms with E-state index in [1.807, 2.05) is 30.3 Å². The summed E-state index contributed by atoms with van der Waals surface area (Å²) >= 11 is 0. The Morgan fingerprint density at radius 2 is 1.95 bits per heavy atom. The van der Waals surface area contributed by atoms with Crippen molar-refractivity contribution in [1.82, 2.24) is 15.5 Å². The van der Waals surface area contributed by atoms with E-state index in [9.17, 15) is 0 Å². The Bertz CT molecular complexity index is 471. The van der Waals surface area contributed by atoms with Crippen LogP contribution >= 0.6 is 0 Å². The van der Waals surface area contributed by atoms with Crippen LogP contribution in [0, 0.1) is 0 Å². The third kappa shape index (κ3) is 4.71. The fraction of sp³-hybridized carbons (Fsp3) is 0.429. The Kier molecular flexibility index (Phi) is 5.37. The minimum absolute atomic E-state index is 0.536. The summed E-state index contributed by atoms with van der Waals surface area (Å²) in [5.41, 5.74) is 0. The molecule has 0 unspecified atom stereocenters. The molecule has 5 nitrogen and oxygen atoms in total. The standard InChI is InChI=1S/C14H19N3O2/c1-2-9-15-11-14-17-16-13(19-14)8-10-18-12-6-4-3-5-7-12/h3-7,15H,2,8-11H2,1H3. The van der Waals surface area contributed by atoms with Gasteiger partial charge in [0.25, 0.3) is 0 Å². The monoisotopic (exact) mass is 261 g/mol. The van der Waals surface area contributed by atoms with Gasteiger partial charge in [-0.1, -0.05) is 25.1 Å². The zero-order chi connectivity index (χ0) is 13.3. The summed E-state index contributed by atoms with van der Waals surface area (Å²) in [6, 6.07) is 9.70. The van der Waals surface area contributed by atoms with Gasteiger partial charge >= 0.3 is 0 Å². The molecule has 0 fully saturated rings. The molecule has 5 heteroatoms. The lowest BCUT2D eigenvalue weighted by atomic mass is 10.3. The van der Waals surface area contributed by atoms with Crippen LogP contribution in [-0.4, -0.2) is 23.3 Å². The zero-order valence-corrected chi connectivity index (χ0v) is 11.1. The van der Waals surface area contributed by atoms with Crippen LogP contribution < -0.4 is 10.1 Å². The largest absolute Gasteiger partial charge is 0.493 e. The molecule has 0 aliphatic rings. The van der Waals surface area contributed by atoms with E-state index in [2.05, 4.69) is 22.4 Å². The second-order valence-corrected chi connectivity index (χ2v) is 4.18. The van der Waals surface area contributed by atoms with Gasteiger partial charge in [0, 0.05) is 0 Å². The topological polar surface area (TPSA) is 60.2 Å². The van der Waals surface area contributed by atoms with Gasteiger partial charge < -0.3 is 14.5 Å². The maximum atomic E-state index is 5.57. The van der Waals surface area contributed by atoms with Crippen molar-refractivity contribution in [2.45, 2.75) is 26.3 Å². The van der Waals surface area contributed by atoms with Crippen molar-refractivity contribution in [3.8, 4) is 5.75 Å². The number of ether oxygens (including phenoxy) is 1. The Balaban J connectivity index is 1.71. The average molecular weight is 261 g/mol. The highest BCUT2D eigenvalue weighted by Gasteiger charge is 2.05. The molecule has 2 rings (SSSR count). The van der Waals surface area contributed by atoms with Crippen molar-refractivity contribution in [1.29, 1.82) is 0 Å². The average Bonchev–Trinajstić information content (AvgIpc) is 2.88. The van der Waals surface area contributed by atoms with E-state index in [0.717, 1.165) is 18.7 Å². The van der Waals surface area contributed by atoms with Gasteiger partial charge in [-0.2, -0.15) is 0 Å². The third-order valence-corrected chi connectivity index (χ3v) is 2.54. The number of nitrogens with zero attached hydrogens (tertiary/aromatic N) is 2. The maximum Gasteiger partial charge on any atom is 0.230 e. The molecule has 0 aliphatic carbocycles.